The molecule has 11 heteroatoms. The SMILES string of the molecule is Cc1sc2nc(NS(=O)(=O)c3ccc(CCN4C(=O)c5ccccc5C4=O)cc3)nn2c1C. The van der Waals surface area contributed by atoms with Gasteiger partial charge in [0, 0.05) is 11.4 Å². The van der Waals surface area contributed by atoms with Crippen LogP contribution in [0.25, 0.3) is 4.96 Å². The van der Waals surface area contributed by atoms with Gasteiger partial charge in [-0.05, 0) is 50.1 Å². The van der Waals surface area contributed by atoms with E-state index in [1.807, 2.05) is 13.8 Å². The van der Waals surface area contributed by atoms with Crippen LogP contribution in [0.15, 0.2) is 53.4 Å². The van der Waals surface area contributed by atoms with E-state index in [-0.39, 0.29) is 29.2 Å². The Morgan fingerprint density at radius 2 is 1.61 bits per heavy atom. The number of hydrogen-bond donors (Lipinski definition) is 1. The van der Waals surface area contributed by atoms with Gasteiger partial charge in [0.25, 0.3) is 27.8 Å². The monoisotopic (exact) mass is 481 g/mol. The maximum atomic E-state index is 12.7. The topological polar surface area (TPSA) is 114 Å². The van der Waals surface area contributed by atoms with Gasteiger partial charge < -0.3 is 0 Å². The van der Waals surface area contributed by atoms with E-state index in [0.717, 1.165) is 16.1 Å². The summed E-state index contributed by atoms with van der Waals surface area (Å²) < 4.78 is 29.5. The van der Waals surface area contributed by atoms with Crippen molar-refractivity contribution in [2.45, 2.75) is 25.2 Å². The molecule has 0 radical (unpaired) electrons. The Hall–Kier alpha value is -3.57. The Labute approximate surface area is 193 Å². The Kier molecular flexibility index (Phi) is 5.02. The molecule has 0 aliphatic carbocycles. The highest BCUT2D eigenvalue weighted by Crippen LogP contribution is 2.24. The summed E-state index contributed by atoms with van der Waals surface area (Å²) in [7, 11) is -3.87. The van der Waals surface area contributed by atoms with Gasteiger partial charge in [0.2, 0.25) is 4.96 Å². The van der Waals surface area contributed by atoms with Crippen LogP contribution in [-0.2, 0) is 16.4 Å². The zero-order chi connectivity index (χ0) is 23.3. The average Bonchev–Trinajstić information content (AvgIpc) is 3.38. The lowest BCUT2D eigenvalue weighted by atomic mass is 10.1. The molecule has 0 spiro atoms. The highest BCUT2D eigenvalue weighted by Gasteiger charge is 2.34. The second-order valence-electron chi connectivity index (χ2n) is 7.68. The van der Waals surface area contributed by atoms with Crippen LogP contribution in [0.5, 0.6) is 0 Å². The van der Waals surface area contributed by atoms with Crippen molar-refractivity contribution in [2.24, 2.45) is 0 Å². The van der Waals surface area contributed by atoms with E-state index in [9.17, 15) is 18.0 Å². The zero-order valence-corrected chi connectivity index (χ0v) is 19.4. The van der Waals surface area contributed by atoms with Crippen molar-refractivity contribution >= 4 is 44.1 Å². The first kappa shape index (κ1) is 21.3. The van der Waals surface area contributed by atoms with Crippen molar-refractivity contribution in [1.82, 2.24) is 19.5 Å². The van der Waals surface area contributed by atoms with Crippen molar-refractivity contribution in [2.75, 3.05) is 11.3 Å². The molecule has 0 fully saturated rings. The highest BCUT2D eigenvalue weighted by atomic mass is 32.2. The Balaban J connectivity index is 1.27. The number of benzene rings is 2. The number of amides is 2. The molecule has 2 aromatic carbocycles. The van der Waals surface area contributed by atoms with E-state index in [1.165, 1.54) is 28.4 Å². The number of carbonyl (C=O) groups excluding carboxylic acids is 2. The van der Waals surface area contributed by atoms with Gasteiger partial charge in [-0.25, -0.2) is 17.7 Å². The molecule has 2 amide bonds. The quantitative estimate of drug-likeness (QED) is 0.424. The number of nitrogens with zero attached hydrogens (tertiary/aromatic N) is 4. The number of rotatable bonds is 6. The summed E-state index contributed by atoms with van der Waals surface area (Å²) in [5, 5.41) is 4.22. The third-order valence-corrected chi connectivity index (χ3v) is 8.00. The molecule has 0 saturated carbocycles. The summed E-state index contributed by atoms with van der Waals surface area (Å²) in [5.41, 5.74) is 2.54. The number of carbonyl (C=O) groups is 2. The van der Waals surface area contributed by atoms with Gasteiger partial charge in [-0.3, -0.25) is 14.5 Å². The summed E-state index contributed by atoms with van der Waals surface area (Å²) in [4.78, 5) is 32.2. The van der Waals surface area contributed by atoms with E-state index in [1.54, 1.807) is 40.9 Å². The van der Waals surface area contributed by atoms with Crippen molar-refractivity contribution in [3.05, 3.63) is 75.8 Å². The average molecular weight is 482 g/mol. The van der Waals surface area contributed by atoms with Gasteiger partial charge in [-0.1, -0.05) is 35.6 Å². The molecule has 0 atom stereocenters. The van der Waals surface area contributed by atoms with Crippen molar-refractivity contribution < 1.29 is 18.0 Å². The molecular formula is C22H19N5O4S2. The summed E-state index contributed by atoms with van der Waals surface area (Å²) in [6.45, 7) is 4.06. The first-order chi connectivity index (χ1) is 15.7. The molecule has 9 nitrogen and oxygen atoms in total. The Bertz CT molecular complexity index is 1490. The lowest BCUT2D eigenvalue weighted by molar-refractivity contribution is 0.0656. The molecule has 168 valence electrons. The van der Waals surface area contributed by atoms with Gasteiger partial charge in [0.15, 0.2) is 0 Å². The van der Waals surface area contributed by atoms with Crippen LogP contribution in [0.3, 0.4) is 0 Å². The molecule has 0 unspecified atom stereocenters. The van der Waals surface area contributed by atoms with Crippen LogP contribution in [0.2, 0.25) is 0 Å². The third-order valence-electron chi connectivity index (χ3n) is 5.61. The van der Waals surface area contributed by atoms with Gasteiger partial charge in [0.05, 0.1) is 21.7 Å². The summed E-state index contributed by atoms with van der Waals surface area (Å²) >= 11 is 1.44. The lowest BCUT2D eigenvalue weighted by Gasteiger charge is -2.14. The predicted octanol–water partition coefficient (Wildman–Crippen LogP) is 3.05. The standard InChI is InChI=1S/C22H19N5O4S2/c1-13-14(2)32-22-23-21(24-27(13)22)25-33(30,31)16-9-7-15(8-10-16)11-12-26-19(28)17-5-3-4-6-18(17)20(26)29/h3-10H,11-12H2,1-2H3,(H,24,25). The zero-order valence-electron chi connectivity index (χ0n) is 17.8. The molecule has 0 bridgehead atoms. The summed E-state index contributed by atoms with van der Waals surface area (Å²) in [6, 6.07) is 13.0. The summed E-state index contributed by atoms with van der Waals surface area (Å²) in [5.74, 6) is -0.604. The number of anilines is 1. The van der Waals surface area contributed by atoms with Gasteiger partial charge in [-0.2, -0.15) is 4.98 Å². The molecule has 1 N–H and O–H groups in total. The fourth-order valence-corrected chi connectivity index (χ4v) is 5.53. The number of sulfonamides is 1. The Morgan fingerprint density at radius 1 is 0.970 bits per heavy atom. The maximum Gasteiger partial charge on any atom is 0.264 e. The molecule has 1 aliphatic rings. The largest absolute Gasteiger partial charge is 0.274 e. The maximum absolute atomic E-state index is 12.7. The number of aryl methyl sites for hydroxylation is 2. The van der Waals surface area contributed by atoms with Gasteiger partial charge in [-0.15, -0.1) is 5.10 Å². The molecule has 2 aromatic heterocycles. The number of imide groups is 1. The number of thiazole rings is 1. The van der Waals surface area contributed by atoms with Crippen molar-refractivity contribution in [3.8, 4) is 0 Å². The summed E-state index contributed by atoms with van der Waals surface area (Å²) in [6.07, 6.45) is 0.413. The first-order valence-electron chi connectivity index (χ1n) is 10.1. The van der Waals surface area contributed by atoms with Crippen molar-refractivity contribution in [1.29, 1.82) is 0 Å². The van der Waals surface area contributed by atoms with Crippen LogP contribution >= 0.6 is 11.3 Å². The van der Waals surface area contributed by atoms with Gasteiger partial charge >= 0.3 is 0 Å². The van der Waals surface area contributed by atoms with Gasteiger partial charge in [0.1, 0.15) is 0 Å². The van der Waals surface area contributed by atoms with E-state index in [2.05, 4.69) is 14.8 Å². The number of nitrogens with one attached hydrogen (secondary N) is 1. The second-order valence-corrected chi connectivity index (χ2v) is 10.5. The van der Waals surface area contributed by atoms with E-state index < -0.39 is 10.0 Å². The van der Waals surface area contributed by atoms with Crippen LogP contribution in [0.4, 0.5) is 5.95 Å². The van der Waals surface area contributed by atoms with E-state index >= 15 is 0 Å². The molecular weight excluding hydrogens is 462 g/mol. The fraction of sp³-hybridized carbons (Fsp3) is 0.182. The second kappa shape index (κ2) is 7.78. The number of aromatic nitrogens is 3. The van der Waals surface area contributed by atoms with Crippen molar-refractivity contribution in [3.63, 3.8) is 0 Å². The third kappa shape index (κ3) is 3.68. The van der Waals surface area contributed by atoms with Crippen LogP contribution in [0, 0.1) is 13.8 Å². The van der Waals surface area contributed by atoms with Crippen LogP contribution < -0.4 is 4.72 Å². The molecule has 1 aliphatic heterocycles. The molecule has 3 heterocycles. The van der Waals surface area contributed by atoms with E-state index in [0.29, 0.717) is 22.5 Å². The minimum absolute atomic E-state index is 0.0130. The van der Waals surface area contributed by atoms with Crippen LogP contribution in [0.1, 0.15) is 36.9 Å². The minimum Gasteiger partial charge on any atom is -0.274 e. The molecule has 5 rings (SSSR count). The predicted molar refractivity (Wildman–Crippen MR) is 123 cm³/mol. The normalized spacial score (nSPS) is 13.7. The molecule has 0 saturated heterocycles. The Morgan fingerprint density at radius 3 is 2.21 bits per heavy atom. The number of fused-ring (bicyclic) bond motifs is 2. The molecule has 4 aromatic rings. The first-order valence-corrected chi connectivity index (χ1v) is 12.4. The highest BCUT2D eigenvalue weighted by molar-refractivity contribution is 7.92. The fourth-order valence-electron chi connectivity index (χ4n) is 3.68. The lowest BCUT2D eigenvalue weighted by Crippen LogP contribution is -2.31. The number of hydrogen-bond acceptors (Lipinski definition) is 7. The van der Waals surface area contributed by atoms with E-state index in [4.69, 9.17) is 0 Å². The smallest absolute Gasteiger partial charge is 0.264 e. The molecule has 33 heavy (non-hydrogen) atoms. The minimum atomic E-state index is -3.87. The van der Waals surface area contributed by atoms with Crippen LogP contribution in [-0.4, -0.2) is 46.3 Å².